The first-order chi connectivity index (χ1) is 4.54. The number of rotatable bonds is 4. The summed E-state index contributed by atoms with van der Waals surface area (Å²) < 4.78 is 10.1. The molecule has 0 aromatic heterocycles. The summed E-state index contributed by atoms with van der Waals surface area (Å²) in [6.45, 7) is 1.80. The van der Waals surface area contributed by atoms with Crippen molar-refractivity contribution >= 4 is 25.8 Å². The molecular formula is C5H11LiO3SSi. The molecule has 0 bridgehead atoms. The number of thiocarbonyl (C=S) groups is 1. The van der Waals surface area contributed by atoms with Crippen LogP contribution in [0, 0.1) is 0 Å². The number of hydrogen-bond donors (Lipinski definition) is 0. The van der Waals surface area contributed by atoms with Gasteiger partial charge in [0.15, 0.2) is 0 Å². The third-order valence-electron chi connectivity index (χ3n) is 1.33. The van der Waals surface area contributed by atoms with Crippen LogP contribution < -0.4 is 24.0 Å². The molecule has 0 saturated heterocycles. The predicted molar refractivity (Wildman–Crippen MR) is 43.0 cm³/mol. The van der Waals surface area contributed by atoms with Crippen LogP contribution in [-0.4, -0.2) is 27.8 Å². The Bertz CT molecular complexity index is 129. The molecule has 0 rings (SSSR count). The van der Waals surface area contributed by atoms with Crippen LogP contribution >= 0.6 is 12.2 Å². The molecule has 0 radical (unpaired) electrons. The van der Waals surface area contributed by atoms with Gasteiger partial charge < -0.3 is 14.0 Å². The second-order valence-electron chi connectivity index (χ2n) is 2.09. The molecule has 0 N–H and O–H groups in total. The zero-order valence-electron chi connectivity index (χ0n) is 7.34. The van der Waals surface area contributed by atoms with E-state index in [-0.39, 0.29) is 30.0 Å². The average Bonchev–Trinajstić information content (AvgIpc) is 1.87. The molecule has 0 aromatic rings. The topological polar surface area (TPSA) is 41.5 Å². The van der Waals surface area contributed by atoms with E-state index in [4.69, 9.17) is 8.85 Å². The smallest absolute Gasteiger partial charge is 0.868 e. The third kappa shape index (κ3) is 5.85. The van der Waals surface area contributed by atoms with E-state index in [1.807, 2.05) is 0 Å². The van der Waals surface area contributed by atoms with E-state index < -0.39 is 8.56 Å². The van der Waals surface area contributed by atoms with Crippen molar-refractivity contribution in [2.45, 2.75) is 12.6 Å². The van der Waals surface area contributed by atoms with E-state index in [0.29, 0.717) is 0 Å². The van der Waals surface area contributed by atoms with Crippen molar-refractivity contribution in [1.82, 2.24) is 0 Å². The summed E-state index contributed by atoms with van der Waals surface area (Å²) >= 11 is 4.40. The zero-order valence-corrected chi connectivity index (χ0v) is 9.16. The van der Waals surface area contributed by atoms with Gasteiger partial charge >= 0.3 is 27.4 Å². The fraction of sp³-hybridized carbons (Fsp3) is 0.800. The van der Waals surface area contributed by atoms with Crippen molar-refractivity contribution in [2.24, 2.45) is 0 Å². The van der Waals surface area contributed by atoms with E-state index in [2.05, 4.69) is 12.2 Å². The Morgan fingerprint density at radius 3 is 1.91 bits per heavy atom. The van der Waals surface area contributed by atoms with Crippen LogP contribution in [0.4, 0.5) is 0 Å². The van der Waals surface area contributed by atoms with Gasteiger partial charge in [0.2, 0.25) is 0 Å². The Balaban J connectivity index is 0. The Labute approximate surface area is 85.5 Å². The molecule has 0 amide bonds. The summed E-state index contributed by atoms with van der Waals surface area (Å²) in [6, 6.07) is 0.245. The molecular weight excluding hydrogens is 175 g/mol. The van der Waals surface area contributed by atoms with Crippen molar-refractivity contribution in [3.63, 3.8) is 0 Å². The molecule has 3 nitrogen and oxygen atoms in total. The van der Waals surface area contributed by atoms with Gasteiger partial charge in [-0.3, -0.25) is 0 Å². The molecule has 0 fully saturated rings. The van der Waals surface area contributed by atoms with Gasteiger partial charge in [0.1, 0.15) is 0 Å². The molecule has 6 heteroatoms. The summed E-state index contributed by atoms with van der Waals surface area (Å²) in [5.41, 5.74) is 0. The molecule has 0 heterocycles. The standard InChI is InChI=1S/C5H12O3SSi.Li/c1-7-10(3,8-2)4-5(6)9;/h4H2,1-3H3,(H,6,9);/q;+1/p-1. The molecule has 11 heavy (non-hydrogen) atoms. The van der Waals surface area contributed by atoms with Crippen molar-refractivity contribution in [1.29, 1.82) is 0 Å². The molecule has 0 aliphatic rings. The summed E-state index contributed by atoms with van der Waals surface area (Å²) in [5.74, 6) is 0. The minimum Gasteiger partial charge on any atom is -0.868 e. The van der Waals surface area contributed by atoms with Crippen LogP contribution in [0.3, 0.4) is 0 Å². The molecule has 0 aliphatic carbocycles. The summed E-state index contributed by atoms with van der Waals surface area (Å²) in [7, 11) is 0.857. The fourth-order valence-corrected chi connectivity index (χ4v) is 2.26. The first-order valence-corrected chi connectivity index (χ1v) is 5.77. The van der Waals surface area contributed by atoms with Crippen LogP contribution in [0.15, 0.2) is 0 Å². The molecule has 0 aliphatic heterocycles. The molecule has 0 unspecified atom stereocenters. The predicted octanol–water partition coefficient (Wildman–Crippen LogP) is -2.96. The van der Waals surface area contributed by atoms with E-state index in [1.165, 1.54) is 14.2 Å². The molecule has 60 valence electrons. The van der Waals surface area contributed by atoms with Gasteiger partial charge in [-0.1, -0.05) is 5.05 Å². The van der Waals surface area contributed by atoms with Gasteiger partial charge in [0.25, 0.3) is 0 Å². The Morgan fingerprint density at radius 1 is 1.45 bits per heavy atom. The Hall–Kier alpha value is 0.624. The maximum Gasteiger partial charge on any atom is 1.00 e. The Morgan fingerprint density at radius 2 is 1.82 bits per heavy atom. The van der Waals surface area contributed by atoms with E-state index >= 15 is 0 Å². The molecule has 0 saturated carbocycles. The van der Waals surface area contributed by atoms with Gasteiger partial charge in [-0.05, 0) is 6.55 Å². The Kier molecular flexibility index (Phi) is 7.95. The minimum atomic E-state index is -2.21. The van der Waals surface area contributed by atoms with Gasteiger partial charge in [-0.2, -0.15) is 0 Å². The van der Waals surface area contributed by atoms with Crippen molar-refractivity contribution < 1.29 is 32.8 Å². The monoisotopic (exact) mass is 186 g/mol. The van der Waals surface area contributed by atoms with Crippen LogP contribution in [0.1, 0.15) is 0 Å². The van der Waals surface area contributed by atoms with Gasteiger partial charge in [-0.15, -0.1) is 12.2 Å². The second-order valence-corrected chi connectivity index (χ2v) is 5.98. The second kappa shape index (κ2) is 6.17. The molecule has 0 spiro atoms. The molecule has 0 atom stereocenters. The van der Waals surface area contributed by atoms with Crippen molar-refractivity contribution in [3.8, 4) is 0 Å². The first kappa shape index (κ1) is 14.2. The van der Waals surface area contributed by atoms with Crippen molar-refractivity contribution in [3.05, 3.63) is 0 Å². The fourth-order valence-electron chi connectivity index (χ4n) is 0.490. The van der Waals surface area contributed by atoms with Crippen molar-refractivity contribution in [2.75, 3.05) is 14.2 Å². The van der Waals surface area contributed by atoms with Gasteiger partial charge in [-0.25, -0.2) is 0 Å². The van der Waals surface area contributed by atoms with E-state index in [1.54, 1.807) is 6.55 Å². The maximum absolute atomic E-state index is 10.5. The van der Waals surface area contributed by atoms with Gasteiger partial charge in [0.05, 0.1) is 0 Å². The maximum atomic E-state index is 10.5. The normalized spacial score (nSPS) is 10.5. The zero-order chi connectivity index (χ0) is 8.20. The van der Waals surface area contributed by atoms with Gasteiger partial charge in [0, 0.05) is 20.3 Å². The van der Waals surface area contributed by atoms with Crippen LogP contribution in [0.25, 0.3) is 0 Å². The average molecular weight is 186 g/mol. The van der Waals surface area contributed by atoms with Crippen LogP contribution in [0.5, 0.6) is 0 Å². The summed E-state index contributed by atoms with van der Waals surface area (Å²) in [4.78, 5) is 0. The first-order valence-electron chi connectivity index (χ1n) is 2.84. The summed E-state index contributed by atoms with van der Waals surface area (Å²) in [6.07, 6.45) is 0. The quantitative estimate of drug-likeness (QED) is 0.347. The third-order valence-corrected chi connectivity index (χ3v) is 4.42. The van der Waals surface area contributed by atoms with Crippen LogP contribution in [-0.2, 0) is 8.85 Å². The SMILES string of the molecule is CO[Si](C)(CC([O-])=S)OC.[Li+]. The minimum absolute atomic E-state index is 0. The largest absolute Gasteiger partial charge is 1.00 e. The van der Waals surface area contributed by atoms with E-state index in [0.717, 1.165) is 0 Å². The summed E-state index contributed by atoms with van der Waals surface area (Å²) in [5, 5.41) is 10.2. The van der Waals surface area contributed by atoms with E-state index in [9.17, 15) is 5.11 Å². The number of hydrogen-bond acceptors (Lipinski definition) is 4. The van der Waals surface area contributed by atoms with Crippen LogP contribution in [0.2, 0.25) is 12.6 Å². The molecule has 0 aromatic carbocycles.